The van der Waals surface area contributed by atoms with E-state index < -0.39 is 0 Å². The lowest BCUT2D eigenvalue weighted by molar-refractivity contribution is 0.172. The van der Waals surface area contributed by atoms with Gasteiger partial charge in [-0.05, 0) is 12.8 Å². The second kappa shape index (κ2) is 3.24. The fourth-order valence-corrected chi connectivity index (χ4v) is 1.73. The quantitative estimate of drug-likeness (QED) is 0.584. The van der Waals surface area contributed by atoms with Crippen molar-refractivity contribution in [1.29, 1.82) is 0 Å². The number of imide groups is 1. The number of amides is 4. The van der Waals surface area contributed by atoms with Crippen LogP contribution in [0.5, 0.6) is 0 Å². The molecule has 0 aromatic carbocycles. The Bertz CT molecular complexity index is 236. The molecule has 2 aliphatic heterocycles. The summed E-state index contributed by atoms with van der Waals surface area (Å²) in [6.45, 7) is 2.68. The van der Waals surface area contributed by atoms with E-state index >= 15 is 0 Å². The van der Waals surface area contributed by atoms with Crippen LogP contribution >= 0.6 is 0 Å². The van der Waals surface area contributed by atoms with Crippen molar-refractivity contribution in [1.82, 2.24) is 15.1 Å². The molecule has 5 nitrogen and oxygen atoms in total. The molecule has 13 heavy (non-hydrogen) atoms. The predicted molar refractivity (Wildman–Crippen MR) is 46.3 cm³/mol. The van der Waals surface area contributed by atoms with Gasteiger partial charge < -0.3 is 10.2 Å². The van der Waals surface area contributed by atoms with E-state index in [1.807, 2.05) is 0 Å². The number of rotatable bonds is 0. The van der Waals surface area contributed by atoms with Gasteiger partial charge in [0, 0.05) is 26.2 Å². The first-order valence-corrected chi connectivity index (χ1v) is 4.63. The Hall–Kier alpha value is -1.26. The first-order valence-electron chi connectivity index (χ1n) is 4.63. The van der Waals surface area contributed by atoms with Gasteiger partial charge in [-0.1, -0.05) is 0 Å². The molecule has 2 rings (SSSR count). The van der Waals surface area contributed by atoms with Crippen molar-refractivity contribution in [2.45, 2.75) is 12.8 Å². The normalized spacial score (nSPS) is 22.3. The Morgan fingerprint density at radius 2 is 1.92 bits per heavy atom. The number of urea groups is 2. The highest BCUT2D eigenvalue weighted by Crippen LogP contribution is 2.11. The molecular weight excluding hydrogens is 170 g/mol. The molecule has 0 bridgehead atoms. The summed E-state index contributed by atoms with van der Waals surface area (Å²) in [6, 6.07) is -0.385. The Morgan fingerprint density at radius 3 is 2.46 bits per heavy atom. The van der Waals surface area contributed by atoms with Crippen molar-refractivity contribution in [3.8, 4) is 0 Å². The van der Waals surface area contributed by atoms with Gasteiger partial charge in [-0.2, -0.15) is 0 Å². The molecule has 0 radical (unpaired) electrons. The minimum Gasteiger partial charge on any atom is -0.336 e. The second-order valence-electron chi connectivity index (χ2n) is 3.36. The SMILES string of the molecule is O=C1NCCN1C(=O)N1CCCC1. The molecule has 0 atom stereocenters. The number of hydrogen-bond donors (Lipinski definition) is 1. The van der Waals surface area contributed by atoms with Gasteiger partial charge in [-0.3, -0.25) is 0 Å². The monoisotopic (exact) mass is 183 g/mol. The first-order chi connectivity index (χ1) is 6.29. The van der Waals surface area contributed by atoms with Crippen LogP contribution in [0.2, 0.25) is 0 Å². The Labute approximate surface area is 76.7 Å². The topological polar surface area (TPSA) is 52.7 Å². The van der Waals surface area contributed by atoms with E-state index in [1.54, 1.807) is 4.90 Å². The van der Waals surface area contributed by atoms with Crippen LogP contribution in [-0.2, 0) is 0 Å². The minimum absolute atomic E-state index is 0.132. The maximum absolute atomic E-state index is 11.6. The van der Waals surface area contributed by atoms with E-state index in [1.165, 1.54) is 4.90 Å². The molecule has 0 aromatic heterocycles. The Morgan fingerprint density at radius 1 is 1.23 bits per heavy atom. The number of carbonyl (C=O) groups is 2. The highest BCUT2D eigenvalue weighted by Gasteiger charge is 2.30. The van der Waals surface area contributed by atoms with Gasteiger partial charge in [-0.25, -0.2) is 14.5 Å². The number of hydrogen-bond acceptors (Lipinski definition) is 2. The van der Waals surface area contributed by atoms with E-state index in [0.29, 0.717) is 13.1 Å². The number of likely N-dealkylation sites (tertiary alicyclic amines) is 1. The summed E-state index contributed by atoms with van der Waals surface area (Å²) >= 11 is 0. The maximum atomic E-state index is 11.6. The van der Waals surface area contributed by atoms with E-state index in [4.69, 9.17) is 0 Å². The van der Waals surface area contributed by atoms with Crippen molar-refractivity contribution < 1.29 is 9.59 Å². The highest BCUT2D eigenvalue weighted by molar-refractivity contribution is 5.95. The maximum Gasteiger partial charge on any atom is 0.328 e. The average molecular weight is 183 g/mol. The zero-order valence-electron chi connectivity index (χ0n) is 7.45. The molecule has 72 valence electrons. The van der Waals surface area contributed by atoms with E-state index in [-0.39, 0.29) is 12.1 Å². The van der Waals surface area contributed by atoms with Gasteiger partial charge in [0.1, 0.15) is 0 Å². The van der Waals surface area contributed by atoms with Crippen molar-refractivity contribution >= 4 is 12.1 Å². The standard InChI is InChI=1S/C8H13N3O2/c12-7-9-3-6-11(7)8(13)10-4-1-2-5-10/h1-6H2,(H,9,12). The largest absolute Gasteiger partial charge is 0.336 e. The zero-order chi connectivity index (χ0) is 9.26. The summed E-state index contributed by atoms with van der Waals surface area (Å²) in [7, 11) is 0. The van der Waals surface area contributed by atoms with Gasteiger partial charge in [0.15, 0.2) is 0 Å². The average Bonchev–Trinajstić information content (AvgIpc) is 2.72. The summed E-state index contributed by atoms with van der Waals surface area (Å²) < 4.78 is 0. The third-order valence-electron chi connectivity index (χ3n) is 2.46. The zero-order valence-corrected chi connectivity index (χ0v) is 7.45. The van der Waals surface area contributed by atoms with Crippen LogP contribution in [0.3, 0.4) is 0 Å². The van der Waals surface area contributed by atoms with Crippen molar-refractivity contribution in [3.63, 3.8) is 0 Å². The lowest BCUT2D eigenvalue weighted by Gasteiger charge is -2.20. The molecule has 0 saturated carbocycles. The van der Waals surface area contributed by atoms with Crippen LogP contribution in [0.4, 0.5) is 9.59 Å². The van der Waals surface area contributed by atoms with Crippen LogP contribution in [0.15, 0.2) is 0 Å². The molecule has 0 unspecified atom stereocenters. The summed E-state index contributed by atoms with van der Waals surface area (Å²) in [5, 5.41) is 2.61. The molecule has 0 aliphatic carbocycles. The van der Waals surface area contributed by atoms with Crippen molar-refractivity contribution in [2.75, 3.05) is 26.2 Å². The summed E-state index contributed by atoms with van der Waals surface area (Å²) in [4.78, 5) is 25.8. The third-order valence-corrected chi connectivity index (χ3v) is 2.46. The van der Waals surface area contributed by atoms with Crippen molar-refractivity contribution in [2.24, 2.45) is 0 Å². The summed E-state index contributed by atoms with van der Waals surface area (Å²) in [5.41, 5.74) is 0. The molecule has 5 heteroatoms. The molecule has 0 spiro atoms. The van der Waals surface area contributed by atoms with Gasteiger partial charge in [0.25, 0.3) is 0 Å². The van der Waals surface area contributed by atoms with Crippen LogP contribution < -0.4 is 5.32 Å². The lowest BCUT2D eigenvalue weighted by atomic mass is 10.4. The second-order valence-corrected chi connectivity index (χ2v) is 3.36. The molecular formula is C8H13N3O2. The van der Waals surface area contributed by atoms with Gasteiger partial charge >= 0.3 is 12.1 Å². The molecule has 1 N–H and O–H groups in total. The Balaban J connectivity index is 1.99. The molecule has 2 heterocycles. The highest BCUT2D eigenvalue weighted by atomic mass is 16.2. The van der Waals surface area contributed by atoms with Crippen LogP contribution in [0, 0.1) is 0 Å². The van der Waals surface area contributed by atoms with E-state index in [0.717, 1.165) is 25.9 Å². The smallest absolute Gasteiger partial charge is 0.328 e. The number of nitrogens with zero attached hydrogens (tertiary/aromatic N) is 2. The fraction of sp³-hybridized carbons (Fsp3) is 0.750. The molecule has 2 fully saturated rings. The van der Waals surface area contributed by atoms with E-state index in [9.17, 15) is 9.59 Å². The number of nitrogens with one attached hydrogen (secondary N) is 1. The Kier molecular flexibility index (Phi) is 2.08. The van der Waals surface area contributed by atoms with Gasteiger partial charge in [0.2, 0.25) is 0 Å². The molecule has 4 amide bonds. The van der Waals surface area contributed by atoms with Gasteiger partial charge in [0.05, 0.1) is 0 Å². The fourth-order valence-electron chi connectivity index (χ4n) is 1.73. The first kappa shape index (κ1) is 8.34. The van der Waals surface area contributed by atoms with Crippen molar-refractivity contribution in [3.05, 3.63) is 0 Å². The minimum atomic E-state index is -0.253. The van der Waals surface area contributed by atoms with Crippen LogP contribution in [-0.4, -0.2) is 48.0 Å². The molecule has 0 aromatic rings. The summed E-state index contributed by atoms with van der Waals surface area (Å²) in [6.07, 6.45) is 2.11. The van der Waals surface area contributed by atoms with Crippen LogP contribution in [0.1, 0.15) is 12.8 Å². The van der Waals surface area contributed by atoms with E-state index in [2.05, 4.69) is 5.32 Å². The van der Waals surface area contributed by atoms with Gasteiger partial charge in [-0.15, -0.1) is 0 Å². The molecule has 2 aliphatic rings. The predicted octanol–water partition coefficient (Wildman–Crippen LogP) is 0.227. The van der Waals surface area contributed by atoms with Crippen LogP contribution in [0.25, 0.3) is 0 Å². The third kappa shape index (κ3) is 1.46. The number of carbonyl (C=O) groups excluding carboxylic acids is 2. The molecule has 2 saturated heterocycles. The lowest BCUT2D eigenvalue weighted by Crippen LogP contribution is -2.43. The summed E-state index contributed by atoms with van der Waals surface area (Å²) in [5.74, 6) is 0.